The fourth-order valence-corrected chi connectivity index (χ4v) is 2.00. The standard InChI is InChI=1S/C12H14ClNO2/c13-11-4-2-1-3-10(11)12(15)7-9-8-14-5-6-16-9/h1-4,9,14H,5-8H2. The quantitative estimate of drug-likeness (QED) is 0.819. The SMILES string of the molecule is O=C(CC1CNCCO1)c1ccccc1Cl. The Morgan fingerprint density at radius 2 is 2.31 bits per heavy atom. The van der Waals surface area contributed by atoms with Crippen molar-refractivity contribution in [3.8, 4) is 0 Å². The van der Waals surface area contributed by atoms with Gasteiger partial charge in [0.2, 0.25) is 0 Å². The van der Waals surface area contributed by atoms with Crippen molar-refractivity contribution in [1.29, 1.82) is 0 Å². The summed E-state index contributed by atoms with van der Waals surface area (Å²) in [6.07, 6.45) is 0.356. The van der Waals surface area contributed by atoms with E-state index in [4.69, 9.17) is 16.3 Å². The van der Waals surface area contributed by atoms with Gasteiger partial charge in [0, 0.05) is 25.1 Å². The maximum atomic E-state index is 11.9. The molecule has 3 nitrogen and oxygen atoms in total. The van der Waals surface area contributed by atoms with Crippen molar-refractivity contribution in [3.05, 3.63) is 34.9 Å². The molecule has 1 saturated heterocycles. The van der Waals surface area contributed by atoms with Crippen molar-refractivity contribution in [3.63, 3.8) is 0 Å². The maximum absolute atomic E-state index is 11.9. The Morgan fingerprint density at radius 3 is 3.00 bits per heavy atom. The molecule has 1 unspecified atom stereocenters. The zero-order chi connectivity index (χ0) is 11.4. The lowest BCUT2D eigenvalue weighted by Crippen LogP contribution is -2.39. The van der Waals surface area contributed by atoms with Crippen molar-refractivity contribution >= 4 is 17.4 Å². The molecule has 1 aliphatic heterocycles. The fourth-order valence-electron chi connectivity index (χ4n) is 1.75. The summed E-state index contributed by atoms with van der Waals surface area (Å²) in [6.45, 7) is 2.26. The van der Waals surface area contributed by atoms with Crippen LogP contribution in [-0.4, -0.2) is 31.6 Å². The van der Waals surface area contributed by atoms with Gasteiger partial charge in [0.1, 0.15) is 0 Å². The van der Waals surface area contributed by atoms with Crippen LogP contribution in [0, 0.1) is 0 Å². The van der Waals surface area contributed by atoms with E-state index in [9.17, 15) is 4.79 Å². The zero-order valence-corrected chi connectivity index (χ0v) is 9.67. The molecule has 0 spiro atoms. The molecule has 16 heavy (non-hydrogen) atoms. The summed E-state index contributed by atoms with van der Waals surface area (Å²) in [5.41, 5.74) is 0.582. The third kappa shape index (κ3) is 2.82. The first kappa shape index (κ1) is 11.6. The smallest absolute Gasteiger partial charge is 0.167 e. The van der Waals surface area contributed by atoms with Crippen molar-refractivity contribution in [2.75, 3.05) is 19.7 Å². The Morgan fingerprint density at radius 1 is 1.50 bits per heavy atom. The van der Waals surface area contributed by atoms with Crippen LogP contribution in [0.2, 0.25) is 5.02 Å². The first-order valence-corrected chi connectivity index (χ1v) is 5.75. The van der Waals surface area contributed by atoms with Crippen LogP contribution in [0.25, 0.3) is 0 Å². The minimum absolute atomic E-state index is 0.0301. The van der Waals surface area contributed by atoms with Crippen LogP contribution in [-0.2, 0) is 4.74 Å². The van der Waals surface area contributed by atoms with Gasteiger partial charge in [0.25, 0.3) is 0 Å². The highest BCUT2D eigenvalue weighted by Crippen LogP contribution is 2.18. The number of Topliss-reactive ketones (excluding diaryl/α,β-unsaturated/α-hetero) is 1. The van der Waals surface area contributed by atoms with Crippen LogP contribution >= 0.6 is 11.6 Å². The Labute approximate surface area is 99.7 Å². The summed E-state index contributed by atoms with van der Waals surface area (Å²) in [5, 5.41) is 3.71. The van der Waals surface area contributed by atoms with E-state index in [2.05, 4.69) is 5.32 Å². The number of nitrogens with one attached hydrogen (secondary N) is 1. The second kappa shape index (κ2) is 5.43. The molecule has 0 amide bonds. The van der Waals surface area contributed by atoms with E-state index < -0.39 is 0 Å². The maximum Gasteiger partial charge on any atom is 0.167 e. The van der Waals surface area contributed by atoms with E-state index in [-0.39, 0.29) is 11.9 Å². The van der Waals surface area contributed by atoms with Crippen LogP contribution in [0.3, 0.4) is 0 Å². The molecule has 1 N–H and O–H groups in total. The average molecular weight is 240 g/mol. The van der Waals surface area contributed by atoms with Crippen LogP contribution in [0.15, 0.2) is 24.3 Å². The lowest BCUT2D eigenvalue weighted by molar-refractivity contribution is 0.0240. The average Bonchev–Trinajstić information content (AvgIpc) is 2.31. The van der Waals surface area contributed by atoms with Gasteiger partial charge in [0.15, 0.2) is 5.78 Å². The van der Waals surface area contributed by atoms with E-state index in [1.54, 1.807) is 12.1 Å². The fraction of sp³-hybridized carbons (Fsp3) is 0.417. The number of carbonyl (C=O) groups excluding carboxylic acids is 1. The van der Waals surface area contributed by atoms with E-state index >= 15 is 0 Å². The van der Waals surface area contributed by atoms with E-state index in [1.165, 1.54) is 0 Å². The van der Waals surface area contributed by atoms with Crippen LogP contribution in [0.1, 0.15) is 16.8 Å². The largest absolute Gasteiger partial charge is 0.375 e. The predicted molar refractivity (Wildman–Crippen MR) is 63.0 cm³/mol. The van der Waals surface area contributed by atoms with Gasteiger partial charge in [-0.15, -0.1) is 0 Å². The number of ketones is 1. The molecule has 1 aromatic rings. The molecule has 4 heteroatoms. The molecular formula is C12H14ClNO2. The Hall–Kier alpha value is -0.900. The Balaban J connectivity index is 2.00. The second-order valence-corrected chi connectivity index (χ2v) is 4.21. The topological polar surface area (TPSA) is 38.3 Å². The van der Waals surface area contributed by atoms with Crippen molar-refractivity contribution < 1.29 is 9.53 Å². The van der Waals surface area contributed by atoms with Gasteiger partial charge < -0.3 is 10.1 Å². The van der Waals surface area contributed by atoms with E-state index in [1.807, 2.05) is 12.1 Å². The first-order valence-electron chi connectivity index (χ1n) is 5.37. The number of ether oxygens (including phenoxy) is 1. The molecule has 1 atom stereocenters. The summed E-state index contributed by atoms with van der Waals surface area (Å²) < 4.78 is 5.48. The second-order valence-electron chi connectivity index (χ2n) is 3.80. The van der Waals surface area contributed by atoms with E-state index in [0.29, 0.717) is 23.6 Å². The summed E-state index contributed by atoms with van der Waals surface area (Å²) in [5.74, 6) is 0.0410. The molecule has 1 aliphatic rings. The molecule has 1 fully saturated rings. The number of hydrogen-bond donors (Lipinski definition) is 1. The Bertz CT molecular complexity index is 375. The van der Waals surface area contributed by atoms with Crippen LogP contribution in [0.4, 0.5) is 0 Å². The number of carbonyl (C=O) groups is 1. The number of halogens is 1. The third-order valence-electron chi connectivity index (χ3n) is 2.59. The lowest BCUT2D eigenvalue weighted by Gasteiger charge is -2.23. The lowest BCUT2D eigenvalue weighted by atomic mass is 10.0. The monoisotopic (exact) mass is 239 g/mol. The predicted octanol–water partition coefficient (Wildman–Crippen LogP) is 1.90. The van der Waals surface area contributed by atoms with Gasteiger partial charge in [-0.25, -0.2) is 0 Å². The zero-order valence-electron chi connectivity index (χ0n) is 8.91. The van der Waals surface area contributed by atoms with Crippen LogP contribution < -0.4 is 5.32 Å². The molecule has 2 rings (SSSR count). The van der Waals surface area contributed by atoms with Crippen molar-refractivity contribution in [2.24, 2.45) is 0 Å². The van der Waals surface area contributed by atoms with Crippen molar-refractivity contribution in [2.45, 2.75) is 12.5 Å². The summed E-state index contributed by atoms with van der Waals surface area (Å²) >= 11 is 5.96. The summed E-state index contributed by atoms with van der Waals surface area (Å²) in [4.78, 5) is 11.9. The van der Waals surface area contributed by atoms with Gasteiger partial charge in [0.05, 0.1) is 17.7 Å². The van der Waals surface area contributed by atoms with Gasteiger partial charge >= 0.3 is 0 Å². The molecule has 1 aromatic carbocycles. The normalized spacial score (nSPS) is 20.7. The van der Waals surface area contributed by atoms with Gasteiger partial charge in [-0.05, 0) is 12.1 Å². The molecule has 0 aliphatic carbocycles. The van der Waals surface area contributed by atoms with Crippen molar-refractivity contribution in [1.82, 2.24) is 5.32 Å². The molecule has 0 saturated carbocycles. The third-order valence-corrected chi connectivity index (χ3v) is 2.92. The first-order chi connectivity index (χ1) is 7.77. The summed E-state index contributed by atoms with van der Waals surface area (Å²) in [6, 6.07) is 7.12. The van der Waals surface area contributed by atoms with E-state index in [0.717, 1.165) is 13.1 Å². The molecule has 0 aromatic heterocycles. The van der Waals surface area contributed by atoms with Gasteiger partial charge in [-0.1, -0.05) is 23.7 Å². The minimum atomic E-state index is -0.0301. The minimum Gasteiger partial charge on any atom is -0.375 e. The number of benzene rings is 1. The molecule has 1 heterocycles. The number of hydrogen-bond acceptors (Lipinski definition) is 3. The van der Waals surface area contributed by atoms with Gasteiger partial charge in [-0.3, -0.25) is 4.79 Å². The number of morpholine rings is 1. The van der Waals surface area contributed by atoms with Gasteiger partial charge in [-0.2, -0.15) is 0 Å². The summed E-state index contributed by atoms with van der Waals surface area (Å²) in [7, 11) is 0. The molecule has 0 bridgehead atoms. The van der Waals surface area contributed by atoms with Crippen LogP contribution in [0.5, 0.6) is 0 Å². The highest BCUT2D eigenvalue weighted by Gasteiger charge is 2.19. The molecule has 0 radical (unpaired) electrons. The molecule has 86 valence electrons. The Kier molecular flexibility index (Phi) is 3.93. The molecular weight excluding hydrogens is 226 g/mol. The highest BCUT2D eigenvalue weighted by atomic mass is 35.5. The number of rotatable bonds is 3. The highest BCUT2D eigenvalue weighted by molar-refractivity contribution is 6.33.